The van der Waals surface area contributed by atoms with E-state index in [1.54, 1.807) is 0 Å². The summed E-state index contributed by atoms with van der Waals surface area (Å²) >= 11 is 0. The van der Waals surface area contributed by atoms with Crippen LogP contribution in [0.2, 0.25) is 0 Å². The van der Waals surface area contributed by atoms with Crippen LogP contribution in [0.25, 0.3) is 0 Å². The maximum Gasteiger partial charge on any atom is 0.331 e. The molecule has 1 unspecified atom stereocenters. The van der Waals surface area contributed by atoms with Crippen molar-refractivity contribution in [1.82, 2.24) is 0 Å². The monoisotopic (exact) mass is 182 g/mol. The van der Waals surface area contributed by atoms with Crippen molar-refractivity contribution >= 4 is 5.97 Å². The van der Waals surface area contributed by atoms with E-state index < -0.39 is 0 Å². The average molecular weight is 182 g/mol. The number of unbranched alkanes of at least 4 members (excludes halogenated alkanes) is 3. The van der Waals surface area contributed by atoms with Crippen LogP contribution in [-0.4, -0.2) is 11.6 Å². The summed E-state index contributed by atoms with van der Waals surface area (Å²) in [6, 6.07) is 0. The molecular formula is C11H18O2. The first-order valence-electron chi connectivity index (χ1n) is 5.08. The number of cyclic esters (lactones) is 1. The molecule has 74 valence electrons. The van der Waals surface area contributed by atoms with Gasteiger partial charge in [0.2, 0.25) is 0 Å². The van der Waals surface area contributed by atoms with Crippen LogP contribution in [0.1, 0.15) is 46.0 Å². The zero-order valence-electron chi connectivity index (χ0n) is 8.51. The molecular weight excluding hydrogens is 164 g/mol. The second-order valence-corrected chi connectivity index (χ2v) is 3.88. The molecule has 1 rings (SSSR count). The predicted octanol–water partition coefficient (Wildman–Crippen LogP) is 2.83. The van der Waals surface area contributed by atoms with E-state index in [-0.39, 0.29) is 11.6 Å². The molecule has 0 saturated heterocycles. The molecule has 0 fully saturated rings. The van der Waals surface area contributed by atoms with Gasteiger partial charge in [-0.1, -0.05) is 26.2 Å². The maximum atomic E-state index is 10.8. The number of carbonyl (C=O) groups is 1. The van der Waals surface area contributed by atoms with Crippen LogP contribution in [0.5, 0.6) is 0 Å². The lowest BCUT2D eigenvalue weighted by molar-refractivity contribution is -0.144. The first-order chi connectivity index (χ1) is 6.16. The third-order valence-electron chi connectivity index (χ3n) is 2.43. The fraction of sp³-hybridized carbons (Fsp3) is 0.727. The Labute approximate surface area is 80.0 Å². The number of hydrogen-bond donors (Lipinski definition) is 0. The van der Waals surface area contributed by atoms with Gasteiger partial charge in [-0.25, -0.2) is 4.79 Å². The maximum absolute atomic E-state index is 10.8. The molecule has 1 aliphatic rings. The molecule has 0 amide bonds. The third kappa shape index (κ3) is 3.21. The fourth-order valence-corrected chi connectivity index (χ4v) is 1.58. The smallest absolute Gasteiger partial charge is 0.331 e. The topological polar surface area (TPSA) is 26.3 Å². The molecule has 0 radical (unpaired) electrons. The number of hydrogen-bond acceptors (Lipinski definition) is 2. The van der Waals surface area contributed by atoms with Gasteiger partial charge >= 0.3 is 5.97 Å². The lowest BCUT2D eigenvalue weighted by Gasteiger charge is -2.20. The Kier molecular flexibility index (Phi) is 3.52. The lowest BCUT2D eigenvalue weighted by atomic mass is 9.98. The van der Waals surface area contributed by atoms with Crippen molar-refractivity contribution in [2.45, 2.75) is 51.6 Å². The SMILES string of the molecule is CCCCCCC1(C)C=CC(=O)O1. The van der Waals surface area contributed by atoms with Crippen molar-refractivity contribution in [3.63, 3.8) is 0 Å². The highest BCUT2D eigenvalue weighted by atomic mass is 16.6. The highest BCUT2D eigenvalue weighted by Gasteiger charge is 2.29. The summed E-state index contributed by atoms with van der Waals surface area (Å²) in [7, 11) is 0. The van der Waals surface area contributed by atoms with E-state index in [9.17, 15) is 4.79 Å². The van der Waals surface area contributed by atoms with Crippen LogP contribution >= 0.6 is 0 Å². The minimum Gasteiger partial charge on any atom is -0.452 e. The standard InChI is InChI=1S/C11H18O2/c1-3-4-5-6-8-11(2)9-7-10(12)13-11/h7,9H,3-6,8H2,1-2H3. The molecule has 0 aromatic heterocycles. The van der Waals surface area contributed by atoms with Gasteiger partial charge < -0.3 is 4.74 Å². The summed E-state index contributed by atoms with van der Waals surface area (Å²) in [6.45, 7) is 4.16. The number of ether oxygens (including phenoxy) is 1. The van der Waals surface area contributed by atoms with Gasteiger partial charge in [0.1, 0.15) is 5.60 Å². The van der Waals surface area contributed by atoms with E-state index in [0.29, 0.717) is 0 Å². The third-order valence-corrected chi connectivity index (χ3v) is 2.43. The van der Waals surface area contributed by atoms with Crippen molar-refractivity contribution in [1.29, 1.82) is 0 Å². The Morgan fingerprint density at radius 2 is 2.15 bits per heavy atom. The number of carbonyl (C=O) groups excluding carboxylic acids is 1. The molecule has 1 aliphatic heterocycles. The van der Waals surface area contributed by atoms with Gasteiger partial charge in [-0.15, -0.1) is 0 Å². The highest BCUT2D eigenvalue weighted by Crippen LogP contribution is 2.25. The molecule has 0 N–H and O–H groups in total. The predicted molar refractivity (Wildman–Crippen MR) is 52.4 cm³/mol. The Bertz CT molecular complexity index is 208. The minimum absolute atomic E-state index is 0.196. The van der Waals surface area contributed by atoms with Gasteiger partial charge in [-0.05, 0) is 25.8 Å². The van der Waals surface area contributed by atoms with Crippen molar-refractivity contribution < 1.29 is 9.53 Å². The van der Waals surface area contributed by atoms with Gasteiger partial charge in [-0.2, -0.15) is 0 Å². The summed E-state index contributed by atoms with van der Waals surface area (Å²) in [5.41, 5.74) is -0.315. The van der Waals surface area contributed by atoms with Crippen LogP contribution in [0.15, 0.2) is 12.2 Å². The molecule has 13 heavy (non-hydrogen) atoms. The molecule has 1 heterocycles. The van der Waals surface area contributed by atoms with Gasteiger partial charge in [-0.3, -0.25) is 0 Å². The molecule has 0 aliphatic carbocycles. The van der Waals surface area contributed by atoms with Gasteiger partial charge in [0, 0.05) is 6.08 Å². The van der Waals surface area contributed by atoms with E-state index in [2.05, 4.69) is 6.92 Å². The molecule has 0 saturated carbocycles. The Morgan fingerprint density at radius 3 is 2.69 bits per heavy atom. The van der Waals surface area contributed by atoms with E-state index in [1.807, 2.05) is 13.0 Å². The lowest BCUT2D eigenvalue weighted by Crippen LogP contribution is -2.23. The molecule has 2 heteroatoms. The zero-order chi connectivity index (χ0) is 9.73. The van der Waals surface area contributed by atoms with Crippen molar-refractivity contribution in [3.8, 4) is 0 Å². The van der Waals surface area contributed by atoms with Crippen LogP contribution in [-0.2, 0) is 9.53 Å². The number of rotatable bonds is 5. The zero-order valence-corrected chi connectivity index (χ0v) is 8.51. The van der Waals surface area contributed by atoms with Crippen LogP contribution < -0.4 is 0 Å². The van der Waals surface area contributed by atoms with E-state index in [4.69, 9.17) is 4.74 Å². The second-order valence-electron chi connectivity index (χ2n) is 3.88. The normalized spacial score (nSPS) is 26.5. The van der Waals surface area contributed by atoms with Crippen molar-refractivity contribution in [2.24, 2.45) is 0 Å². The van der Waals surface area contributed by atoms with Crippen LogP contribution in [0, 0.1) is 0 Å². The minimum atomic E-state index is -0.315. The average Bonchev–Trinajstić information content (AvgIpc) is 2.41. The largest absolute Gasteiger partial charge is 0.452 e. The summed E-state index contributed by atoms with van der Waals surface area (Å²) in [6.07, 6.45) is 9.25. The summed E-state index contributed by atoms with van der Waals surface area (Å²) in [5.74, 6) is -0.196. The summed E-state index contributed by atoms with van der Waals surface area (Å²) in [4.78, 5) is 10.8. The second kappa shape index (κ2) is 4.45. The van der Waals surface area contributed by atoms with E-state index in [0.717, 1.165) is 12.8 Å². The molecule has 0 bridgehead atoms. The molecule has 0 aromatic carbocycles. The van der Waals surface area contributed by atoms with Crippen molar-refractivity contribution in [2.75, 3.05) is 0 Å². The highest BCUT2D eigenvalue weighted by molar-refractivity contribution is 5.85. The summed E-state index contributed by atoms with van der Waals surface area (Å²) in [5, 5.41) is 0. The van der Waals surface area contributed by atoms with Gasteiger partial charge in [0.25, 0.3) is 0 Å². The molecule has 0 spiro atoms. The van der Waals surface area contributed by atoms with Gasteiger partial charge in [0.15, 0.2) is 0 Å². The fourth-order valence-electron chi connectivity index (χ4n) is 1.58. The van der Waals surface area contributed by atoms with Gasteiger partial charge in [0.05, 0.1) is 0 Å². The summed E-state index contributed by atoms with van der Waals surface area (Å²) < 4.78 is 5.18. The number of esters is 1. The Balaban J connectivity index is 2.21. The first kappa shape index (κ1) is 10.3. The molecule has 1 atom stereocenters. The van der Waals surface area contributed by atoms with E-state index in [1.165, 1.54) is 25.3 Å². The molecule has 2 nitrogen and oxygen atoms in total. The van der Waals surface area contributed by atoms with Crippen molar-refractivity contribution in [3.05, 3.63) is 12.2 Å². The quantitative estimate of drug-likeness (QED) is 0.482. The van der Waals surface area contributed by atoms with Crippen LogP contribution in [0.3, 0.4) is 0 Å². The first-order valence-corrected chi connectivity index (χ1v) is 5.08. The van der Waals surface area contributed by atoms with E-state index >= 15 is 0 Å². The molecule has 0 aromatic rings. The Morgan fingerprint density at radius 1 is 1.38 bits per heavy atom. The van der Waals surface area contributed by atoms with Crippen LogP contribution in [0.4, 0.5) is 0 Å². The Hall–Kier alpha value is -0.790.